The molecule has 2 heterocycles. The van der Waals surface area contributed by atoms with Crippen LogP contribution in [0.5, 0.6) is 0 Å². The van der Waals surface area contributed by atoms with Crippen molar-refractivity contribution in [2.24, 2.45) is 0 Å². The molecule has 9 heteroatoms. The van der Waals surface area contributed by atoms with Crippen LogP contribution in [0.2, 0.25) is 0 Å². The quantitative estimate of drug-likeness (QED) is 0.631. The van der Waals surface area contributed by atoms with Crippen molar-refractivity contribution in [3.63, 3.8) is 0 Å². The fourth-order valence-electron chi connectivity index (χ4n) is 1.99. The Morgan fingerprint density at radius 2 is 2.21 bits per heavy atom. The number of hydrogen-bond donors (Lipinski definition) is 3. The first-order valence-corrected chi connectivity index (χ1v) is 5.38. The van der Waals surface area contributed by atoms with E-state index < -0.39 is 41.7 Å². The lowest BCUT2D eigenvalue weighted by Gasteiger charge is -2.25. The van der Waals surface area contributed by atoms with Crippen molar-refractivity contribution in [2.45, 2.75) is 30.8 Å². The van der Waals surface area contributed by atoms with E-state index in [0.29, 0.717) is 4.57 Å². The molecule has 19 heavy (non-hydrogen) atoms. The molecule has 3 N–H and O–H groups in total. The second-order valence-corrected chi connectivity index (χ2v) is 4.52. The number of alkyl halides is 2. The second-order valence-electron chi connectivity index (χ2n) is 4.52. The monoisotopic (exact) mass is 278 g/mol. The van der Waals surface area contributed by atoms with Crippen LogP contribution in [0.1, 0.15) is 13.2 Å². The van der Waals surface area contributed by atoms with E-state index in [4.69, 9.17) is 5.11 Å². The number of nitrogens with zero attached hydrogens (tertiary/aromatic N) is 1. The van der Waals surface area contributed by atoms with Gasteiger partial charge in [0.05, 0.1) is 0 Å². The molecule has 0 aromatic carbocycles. The molecule has 0 bridgehead atoms. The van der Waals surface area contributed by atoms with Crippen LogP contribution in [-0.4, -0.2) is 44.0 Å². The number of hydrogen-bond acceptors (Lipinski definition) is 5. The van der Waals surface area contributed by atoms with Crippen molar-refractivity contribution in [3.8, 4) is 0 Å². The molecule has 1 unspecified atom stereocenters. The van der Waals surface area contributed by atoms with Gasteiger partial charge in [0, 0.05) is 12.3 Å². The maximum Gasteiger partial charge on any atom is 0.330 e. The Balaban J connectivity index is 2.51. The van der Waals surface area contributed by atoms with Crippen molar-refractivity contribution >= 4 is 0 Å². The van der Waals surface area contributed by atoms with E-state index in [1.54, 1.807) is 0 Å². The summed E-state index contributed by atoms with van der Waals surface area (Å²) in [4.78, 5) is 24.3. The highest BCUT2D eigenvalue weighted by atomic mass is 19.2. The molecule has 1 aromatic rings. The number of rotatable bonds is 2. The van der Waals surface area contributed by atoms with Gasteiger partial charge < -0.3 is 14.9 Å². The minimum Gasteiger partial charge on any atom is -0.390 e. The molecule has 0 saturated carbocycles. The highest BCUT2D eigenvalue weighted by Gasteiger charge is 2.64. The summed E-state index contributed by atoms with van der Waals surface area (Å²) in [5.74, 6) is -3.12. The molecule has 4 atom stereocenters. The Morgan fingerprint density at radius 1 is 1.58 bits per heavy atom. The summed E-state index contributed by atoms with van der Waals surface area (Å²) in [7, 11) is 0. The summed E-state index contributed by atoms with van der Waals surface area (Å²) in [6.07, 6.45) is -3.34. The van der Waals surface area contributed by atoms with Crippen molar-refractivity contribution in [2.75, 3.05) is 6.61 Å². The molecule has 106 valence electrons. The number of aliphatic hydroxyl groups excluding tert-OH is 1. The molecule has 7 nitrogen and oxygen atoms in total. The van der Waals surface area contributed by atoms with Crippen LogP contribution < -0.4 is 11.2 Å². The first kappa shape index (κ1) is 13.8. The molecule has 0 radical (unpaired) electrons. The van der Waals surface area contributed by atoms with Crippen molar-refractivity contribution in [1.29, 1.82) is 0 Å². The second kappa shape index (κ2) is 4.22. The fourth-order valence-corrected chi connectivity index (χ4v) is 1.99. The number of aromatic amines is 1. The van der Waals surface area contributed by atoms with Crippen molar-refractivity contribution < 1.29 is 23.7 Å². The molecular weight excluding hydrogens is 266 g/mol. The van der Waals surface area contributed by atoms with Crippen molar-refractivity contribution in [1.82, 2.24) is 9.55 Å². The lowest BCUT2D eigenvalue weighted by molar-refractivity contribution is -0.197. The van der Waals surface area contributed by atoms with Gasteiger partial charge in [-0.05, 0) is 6.92 Å². The zero-order chi connectivity index (χ0) is 14.4. The van der Waals surface area contributed by atoms with Crippen LogP contribution >= 0.6 is 0 Å². The van der Waals surface area contributed by atoms with Gasteiger partial charge in [-0.3, -0.25) is 14.3 Å². The standard InChI is InChI=1S/C10H12F2N2O5/c1-9(18)6(11)10(12,4-15)19-7(9)14-3-2-5(16)13-8(14)17/h2-3,6-7,15,18H,4H2,1H3,(H,13,16,17)/t6?,7-,9-,10-/m1/s1. The number of aliphatic hydroxyl groups is 2. The molecule has 0 aliphatic carbocycles. The SMILES string of the molecule is C[C@@]1(O)C(F)[C@@](F)(CO)O[C@H]1n1ccc(=O)[nH]c1=O. The van der Waals surface area contributed by atoms with Gasteiger partial charge in [-0.15, -0.1) is 0 Å². The number of ether oxygens (including phenoxy) is 1. The van der Waals surface area contributed by atoms with Crippen LogP contribution in [0.3, 0.4) is 0 Å². The number of nitrogens with one attached hydrogen (secondary N) is 1. The lowest BCUT2D eigenvalue weighted by atomic mass is 9.97. The van der Waals surface area contributed by atoms with Crippen LogP contribution in [0, 0.1) is 0 Å². The molecule has 1 aliphatic heterocycles. The number of aromatic nitrogens is 2. The van der Waals surface area contributed by atoms with Gasteiger partial charge in [-0.1, -0.05) is 0 Å². The minimum absolute atomic E-state index is 0.644. The van der Waals surface area contributed by atoms with Crippen LogP contribution in [0.4, 0.5) is 8.78 Å². The maximum absolute atomic E-state index is 13.9. The molecule has 0 amide bonds. The summed E-state index contributed by atoms with van der Waals surface area (Å²) in [6.45, 7) is -0.393. The predicted molar refractivity (Wildman–Crippen MR) is 57.9 cm³/mol. The summed E-state index contributed by atoms with van der Waals surface area (Å²) in [6, 6.07) is 0.936. The largest absolute Gasteiger partial charge is 0.390 e. The molecule has 0 spiro atoms. The average Bonchev–Trinajstić information content (AvgIpc) is 2.51. The van der Waals surface area contributed by atoms with Gasteiger partial charge in [0.2, 0.25) is 0 Å². The van der Waals surface area contributed by atoms with E-state index in [1.165, 1.54) is 0 Å². The Labute approximate surface area is 105 Å². The van der Waals surface area contributed by atoms with Gasteiger partial charge in [0.25, 0.3) is 11.4 Å². The average molecular weight is 278 g/mol. The minimum atomic E-state index is -3.12. The van der Waals surface area contributed by atoms with Gasteiger partial charge >= 0.3 is 5.69 Å². The smallest absolute Gasteiger partial charge is 0.330 e. The number of halogens is 2. The first-order chi connectivity index (χ1) is 8.72. The number of H-pyrrole nitrogens is 1. The van der Waals surface area contributed by atoms with E-state index >= 15 is 0 Å². The van der Waals surface area contributed by atoms with Gasteiger partial charge in [0.15, 0.2) is 12.4 Å². The summed E-state index contributed by atoms with van der Waals surface area (Å²) < 4.78 is 33.0. The van der Waals surface area contributed by atoms with E-state index in [2.05, 4.69) is 4.74 Å². The molecule has 1 saturated heterocycles. The van der Waals surface area contributed by atoms with Crippen molar-refractivity contribution in [3.05, 3.63) is 33.1 Å². The Morgan fingerprint density at radius 3 is 2.68 bits per heavy atom. The van der Waals surface area contributed by atoms with Crippen LogP contribution in [0.25, 0.3) is 0 Å². The summed E-state index contributed by atoms with van der Waals surface area (Å²) in [5, 5.41) is 18.7. The zero-order valence-electron chi connectivity index (χ0n) is 9.84. The summed E-state index contributed by atoms with van der Waals surface area (Å²) in [5.41, 5.74) is -4.09. The molecule has 1 aromatic heterocycles. The Bertz CT molecular complexity index is 598. The van der Waals surface area contributed by atoms with Crippen LogP contribution in [0.15, 0.2) is 21.9 Å². The summed E-state index contributed by atoms with van der Waals surface area (Å²) >= 11 is 0. The lowest BCUT2D eigenvalue weighted by Crippen LogP contribution is -2.47. The van der Waals surface area contributed by atoms with Gasteiger partial charge in [-0.25, -0.2) is 13.6 Å². The zero-order valence-corrected chi connectivity index (χ0v) is 9.84. The third-order valence-electron chi connectivity index (χ3n) is 3.02. The van der Waals surface area contributed by atoms with E-state index in [0.717, 1.165) is 19.2 Å². The van der Waals surface area contributed by atoms with E-state index in [9.17, 15) is 23.5 Å². The highest BCUT2D eigenvalue weighted by molar-refractivity contribution is 5.04. The Kier molecular flexibility index (Phi) is 3.07. The van der Waals surface area contributed by atoms with Crippen LogP contribution in [-0.2, 0) is 4.74 Å². The molecule has 1 fully saturated rings. The topological polar surface area (TPSA) is 105 Å². The predicted octanol–water partition coefficient (Wildman–Crippen LogP) is -1.19. The molecule has 1 aliphatic rings. The van der Waals surface area contributed by atoms with Gasteiger partial charge in [0.1, 0.15) is 12.2 Å². The van der Waals surface area contributed by atoms with Gasteiger partial charge in [-0.2, -0.15) is 0 Å². The normalized spacial score (nSPS) is 38.6. The molecule has 2 rings (SSSR count). The maximum atomic E-state index is 13.9. The third-order valence-corrected chi connectivity index (χ3v) is 3.02. The molecular formula is C10H12F2N2O5. The Hall–Kier alpha value is -1.58. The highest BCUT2D eigenvalue weighted by Crippen LogP contribution is 2.46. The van der Waals surface area contributed by atoms with E-state index in [-0.39, 0.29) is 0 Å². The third kappa shape index (κ3) is 1.99. The first-order valence-electron chi connectivity index (χ1n) is 5.38. The van der Waals surface area contributed by atoms with E-state index in [1.807, 2.05) is 4.98 Å². The fraction of sp³-hybridized carbons (Fsp3) is 0.600.